The van der Waals surface area contributed by atoms with Crippen LogP contribution in [-0.2, 0) is 11.3 Å². The first-order valence-electron chi connectivity index (χ1n) is 6.56. The van der Waals surface area contributed by atoms with Gasteiger partial charge >= 0.3 is 0 Å². The Morgan fingerprint density at radius 3 is 2.25 bits per heavy atom. The van der Waals surface area contributed by atoms with Crippen molar-refractivity contribution in [2.45, 2.75) is 45.9 Å². The summed E-state index contributed by atoms with van der Waals surface area (Å²) >= 11 is 0. The van der Waals surface area contributed by atoms with Gasteiger partial charge in [-0.05, 0) is 38.5 Å². The van der Waals surface area contributed by atoms with Gasteiger partial charge in [0.05, 0.1) is 11.6 Å². The Bertz CT molecular complexity index is 478. The maximum Gasteiger partial charge on any atom is 0.251 e. The molecular formula is C15H22N2O3. The summed E-state index contributed by atoms with van der Waals surface area (Å²) in [6.07, 6.45) is -0.648. The van der Waals surface area contributed by atoms with Crippen molar-refractivity contribution in [2.75, 3.05) is 0 Å². The number of hydrogen-bond donors (Lipinski definition) is 3. The summed E-state index contributed by atoms with van der Waals surface area (Å²) in [5.41, 5.74) is 0.753. The quantitative estimate of drug-likeness (QED) is 0.757. The average molecular weight is 278 g/mol. The predicted molar refractivity (Wildman–Crippen MR) is 77.2 cm³/mol. The number of amides is 2. The van der Waals surface area contributed by atoms with E-state index >= 15 is 0 Å². The van der Waals surface area contributed by atoms with Crippen LogP contribution in [0.3, 0.4) is 0 Å². The van der Waals surface area contributed by atoms with Crippen molar-refractivity contribution in [3.63, 3.8) is 0 Å². The summed E-state index contributed by atoms with van der Waals surface area (Å²) in [7, 11) is 0. The molecule has 1 rings (SSSR count). The molecule has 2 amide bonds. The maximum absolute atomic E-state index is 12.1. The highest BCUT2D eigenvalue weighted by Gasteiger charge is 2.26. The summed E-state index contributed by atoms with van der Waals surface area (Å²) in [6, 6.07) is 6.98. The van der Waals surface area contributed by atoms with E-state index in [1.807, 2.05) is 0 Å². The lowest BCUT2D eigenvalue weighted by molar-refractivity contribution is -0.119. The van der Waals surface area contributed by atoms with E-state index in [0.717, 1.165) is 5.56 Å². The lowest BCUT2D eigenvalue weighted by Crippen LogP contribution is -2.50. The van der Waals surface area contributed by atoms with Gasteiger partial charge in [0.25, 0.3) is 5.91 Å². The fraction of sp³-hybridized carbons (Fsp3) is 0.467. The molecule has 0 radical (unpaired) electrons. The van der Waals surface area contributed by atoms with Crippen LogP contribution in [0.1, 0.15) is 43.6 Å². The first-order chi connectivity index (χ1) is 9.22. The van der Waals surface area contributed by atoms with Gasteiger partial charge < -0.3 is 15.7 Å². The second-order valence-electron chi connectivity index (χ2n) is 5.46. The summed E-state index contributed by atoms with van der Waals surface area (Å²) in [5, 5.41) is 15.1. The zero-order valence-electron chi connectivity index (χ0n) is 12.4. The third-order valence-electron chi connectivity index (χ3n) is 3.24. The standard InChI is InChI=1S/C15H22N2O3/c1-10(18)15(3,4)17-14(20)13-7-5-12(6-8-13)9-16-11(2)19/h5-8,10,18H,9H2,1-4H3,(H,16,19)(H,17,20). The number of rotatable bonds is 5. The van der Waals surface area contributed by atoms with Crippen molar-refractivity contribution in [3.8, 4) is 0 Å². The van der Waals surface area contributed by atoms with Gasteiger partial charge in [0, 0.05) is 19.0 Å². The average Bonchev–Trinajstić information content (AvgIpc) is 2.36. The molecule has 0 saturated heterocycles. The van der Waals surface area contributed by atoms with Gasteiger partial charge in [0.15, 0.2) is 0 Å². The second-order valence-corrected chi connectivity index (χ2v) is 5.46. The van der Waals surface area contributed by atoms with Crippen LogP contribution in [0.15, 0.2) is 24.3 Å². The van der Waals surface area contributed by atoms with E-state index in [-0.39, 0.29) is 11.8 Å². The zero-order chi connectivity index (χ0) is 15.3. The third-order valence-corrected chi connectivity index (χ3v) is 3.24. The molecule has 1 unspecified atom stereocenters. The molecule has 0 aliphatic rings. The summed E-state index contributed by atoms with van der Waals surface area (Å²) in [6.45, 7) is 7.06. The van der Waals surface area contributed by atoms with Gasteiger partial charge in [0.2, 0.25) is 5.91 Å². The molecule has 0 spiro atoms. The smallest absolute Gasteiger partial charge is 0.251 e. The minimum atomic E-state index is -0.689. The van der Waals surface area contributed by atoms with Crippen molar-refractivity contribution >= 4 is 11.8 Å². The number of benzene rings is 1. The molecule has 0 aromatic heterocycles. The third kappa shape index (κ3) is 4.66. The zero-order valence-corrected chi connectivity index (χ0v) is 12.4. The van der Waals surface area contributed by atoms with E-state index in [1.54, 1.807) is 45.0 Å². The van der Waals surface area contributed by atoms with Crippen molar-refractivity contribution in [3.05, 3.63) is 35.4 Å². The van der Waals surface area contributed by atoms with Gasteiger partial charge in [-0.15, -0.1) is 0 Å². The van der Waals surface area contributed by atoms with E-state index in [4.69, 9.17) is 0 Å². The molecule has 110 valence electrons. The lowest BCUT2D eigenvalue weighted by atomic mass is 9.98. The Kier molecular flexibility index (Phi) is 5.27. The second kappa shape index (κ2) is 6.52. The first kappa shape index (κ1) is 16.2. The van der Waals surface area contributed by atoms with Crippen molar-refractivity contribution in [1.82, 2.24) is 10.6 Å². The van der Waals surface area contributed by atoms with Crippen LogP contribution in [0.2, 0.25) is 0 Å². The topological polar surface area (TPSA) is 78.4 Å². The van der Waals surface area contributed by atoms with Crippen molar-refractivity contribution < 1.29 is 14.7 Å². The summed E-state index contributed by atoms with van der Waals surface area (Å²) < 4.78 is 0. The molecular weight excluding hydrogens is 256 g/mol. The molecule has 0 aliphatic heterocycles. The van der Waals surface area contributed by atoms with Crippen LogP contribution >= 0.6 is 0 Å². The van der Waals surface area contributed by atoms with Crippen LogP contribution in [0.25, 0.3) is 0 Å². The van der Waals surface area contributed by atoms with E-state index in [1.165, 1.54) is 6.92 Å². The Morgan fingerprint density at radius 1 is 1.25 bits per heavy atom. The first-order valence-corrected chi connectivity index (χ1v) is 6.56. The van der Waals surface area contributed by atoms with Crippen LogP contribution in [0, 0.1) is 0 Å². The largest absolute Gasteiger partial charge is 0.391 e. The molecule has 1 aromatic carbocycles. The Labute approximate surface area is 119 Å². The van der Waals surface area contributed by atoms with Crippen LogP contribution < -0.4 is 10.6 Å². The lowest BCUT2D eigenvalue weighted by Gasteiger charge is -2.29. The Morgan fingerprint density at radius 2 is 1.80 bits per heavy atom. The molecule has 1 aromatic rings. The minimum absolute atomic E-state index is 0.0921. The molecule has 1 atom stereocenters. The predicted octanol–water partition coefficient (Wildman–Crippen LogP) is 1.21. The molecule has 3 N–H and O–H groups in total. The Hall–Kier alpha value is -1.88. The molecule has 5 heteroatoms. The Balaban J connectivity index is 2.68. The molecule has 0 heterocycles. The van der Waals surface area contributed by atoms with Gasteiger partial charge in [-0.3, -0.25) is 9.59 Å². The highest BCUT2D eigenvalue weighted by molar-refractivity contribution is 5.94. The normalized spacial score (nSPS) is 12.7. The van der Waals surface area contributed by atoms with Gasteiger partial charge in [-0.25, -0.2) is 0 Å². The van der Waals surface area contributed by atoms with Crippen molar-refractivity contribution in [1.29, 1.82) is 0 Å². The number of hydrogen-bond acceptors (Lipinski definition) is 3. The minimum Gasteiger partial charge on any atom is -0.391 e. The molecule has 0 saturated carbocycles. The molecule has 0 bridgehead atoms. The van der Waals surface area contributed by atoms with Gasteiger partial charge in [0.1, 0.15) is 0 Å². The fourth-order valence-corrected chi connectivity index (χ4v) is 1.47. The highest BCUT2D eigenvalue weighted by atomic mass is 16.3. The van der Waals surface area contributed by atoms with E-state index in [2.05, 4.69) is 10.6 Å². The van der Waals surface area contributed by atoms with E-state index in [0.29, 0.717) is 12.1 Å². The SMILES string of the molecule is CC(=O)NCc1ccc(C(=O)NC(C)(C)C(C)O)cc1. The number of aliphatic hydroxyl groups is 1. The molecule has 0 fully saturated rings. The number of carbonyl (C=O) groups excluding carboxylic acids is 2. The highest BCUT2D eigenvalue weighted by Crippen LogP contribution is 2.11. The summed E-state index contributed by atoms with van der Waals surface area (Å²) in [5.74, 6) is -0.326. The van der Waals surface area contributed by atoms with E-state index < -0.39 is 11.6 Å². The number of carbonyl (C=O) groups is 2. The van der Waals surface area contributed by atoms with Gasteiger partial charge in [-0.2, -0.15) is 0 Å². The molecule has 5 nitrogen and oxygen atoms in total. The number of nitrogens with one attached hydrogen (secondary N) is 2. The molecule has 20 heavy (non-hydrogen) atoms. The summed E-state index contributed by atoms with van der Waals surface area (Å²) in [4.78, 5) is 22.9. The fourth-order valence-electron chi connectivity index (χ4n) is 1.47. The van der Waals surface area contributed by atoms with Crippen LogP contribution in [0.4, 0.5) is 0 Å². The molecule has 0 aliphatic carbocycles. The van der Waals surface area contributed by atoms with Crippen LogP contribution in [0.5, 0.6) is 0 Å². The van der Waals surface area contributed by atoms with Crippen molar-refractivity contribution in [2.24, 2.45) is 0 Å². The maximum atomic E-state index is 12.1. The van der Waals surface area contributed by atoms with Gasteiger partial charge in [-0.1, -0.05) is 12.1 Å². The monoisotopic (exact) mass is 278 g/mol. The number of aliphatic hydroxyl groups excluding tert-OH is 1. The van der Waals surface area contributed by atoms with E-state index in [9.17, 15) is 14.7 Å². The van der Waals surface area contributed by atoms with Crippen LogP contribution in [-0.4, -0.2) is 28.6 Å².